The first-order valence-electron chi connectivity index (χ1n) is 10.6. The van der Waals surface area contributed by atoms with E-state index in [0.29, 0.717) is 30.2 Å². The van der Waals surface area contributed by atoms with Crippen LogP contribution in [0.5, 0.6) is 5.75 Å². The van der Waals surface area contributed by atoms with Crippen LogP contribution in [0, 0.1) is 0 Å². The van der Waals surface area contributed by atoms with Gasteiger partial charge >= 0.3 is 0 Å². The third kappa shape index (κ3) is 4.38. The summed E-state index contributed by atoms with van der Waals surface area (Å²) in [4.78, 5) is 41.8. The Bertz CT molecular complexity index is 1170. The maximum atomic E-state index is 13.0. The van der Waals surface area contributed by atoms with Gasteiger partial charge in [-0.1, -0.05) is 0 Å². The highest BCUT2D eigenvalue weighted by Gasteiger charge is 2.37. The third-order valence-corrected chi connectivity index (χ3v) is 5.51. The van der Waals surface area contributed by atoms with Crippen LogP contribution >= 0.6 is 0 Å². The van der Waals surface area contributed by atoms with Crippen LogP contribution < -0.4 is 15.0 Å². The number of furan rings is 1. The molecule has 170 valence electrons. The van der Waals surface area contributed by atoms with E-state index in [1.807, 2.05) is 32.0 Å². The van der Waals surface area contributed by atoms with Crippen molar-refractivity contribution in [2.75, 3.05) is 32.1 Å². The van der Waals surface area contributed by atoms with Gasteiger partial charge in [-0.25, -0.2) is 4.90 Å². The van der Waals surface area contributed by atoms with Crippen molar-refractivity contribution in [2.24, 2.45) is 0 Å². The van der Waals surface area contributed by atoms with Crippen molar-refractivity contribution in [3.8, 4) is 5.75 Å². The summed E-state index contributed by atoms with van der Waals surface area (Å²) < 4.78 is 10.9. The second-order valence-electron chi connectivity index (χ2n) is 7.84. The van der Waals surface area contributed by atoms with Crippen LogP contribution in [0.15, 0.2) is 65.3 Å². The zero-order valence-electron chi connectivity index (χ0n) is 18.7. The Morgan fingerprint density at radius 2 is 1.79 bits per heavy atom. The molecule has 0 radical (unpaired) electrons. The summed E-state index contributed by atoms with van der Waals surface area (Å²) in [6.07, 6.45) is 1.59. The third-order valence-electron chi connectivity index (χ3n) is 5.51. The van der Waals surface area contributed by atoms with E-state index in [0.717, 1.165) is 10.7 Å². The molecular weight excluding hydrogens is 422 g/mol. The number of imide groups is 1. The van der Waals surface area contributed by atoms with Crippen LogP contribution in [0.3, 0.4) is 0 Å². The smallest absolute Gasteiger partial charge is 0.266 e. The highest BCUT2D eigenvalue weighted by Crippen LogP contribution is 2.30. The van der Waals surface area contributed by atoms with Crippen LogP contribution in [-0.2, 0) is 0 Å². The van der Waals surface area contributed by atoms with Crippen molar-refractivity contribution in [1.82, 2.24) is 10.2 Å². The van der Waals surface area contributed by atoms with Crippen molar-refractivity contribution < 1.29 is 23.5 Å². The van der Waals surface area contributed by atoms with Gasteiger partial charge in [0.15, 0.2) is 0 Å². The molecule has 33 heavy (non-hydrogen) atoms. The van der Waals surface area contributed by atoms with Gasteiger partial charge < -0.3 is 14.5 Å². The van der Waals surface area contributed by atoms with Crippen LogP contribution in [-0.4, -0.2) is 49.9 Å². The standard InChI is InChI=1S/C25H25N3O5/c1-4-32-18-10-8-17(9-11-18)28-24(30)19-12-7-16(14-20(19)25(28)31)23(29)26-15-21(27(2)3)22-6-5-13-33-22/h5-14,21H,4,15H2,1-3H3,(H,26,29). The number of carbonyl (C=O) groups is 3. The number of amides is 3. The molecule has 1 unspecified atom stereocenters. The predicted molar refractivity (Wildman–Crippen MR) is 123 cm³/mol. The van der Waals surface area contributed by atoms with Crippen molar-refractivity contribution in [1.29, 1.82) is 0 Å². The van der Waals surface area contributed by atoms with E-state index in [1.54, 1.807) is 42.7 Å². The number of ether oxygens (including phenoxy) is 1. The summed E-state index contributed by atoms with van der Waals surface area (Å²) in [5, 5.41) is 2.88. The summed E-state index contributed by atoms with van der Waals surface area (Å²) in [6, 6.07) is 14.8. The summed E-state index contributed by atoms with van der Waals surface area (Å²) >= 11 is 0. The van der Waals surface area contributed by atoms with Gasteiger partial charge in [-0.2, -0.15) is 0 Å². The summed E-state index contributed by atoms with van der Waals surface area (Å²) in [5.41, 5.74) is 1.23. The van der Waals surface area contributed by atoms with Crippen molar-refractivity contribution >= 4 is 23.4 Å². The van der Waals surface area contributed by atoms with Crippen LogP contribution in [0.25, 0.3) is 0 Å². The minimum atomic E-state index is -0.462. The van der Waals surface area contributed by atoms with E-state index in [9.17, 15) is 14.4 Å². The van der Waals surface area contributed by atoms with Gasteiger partial charge in [-0.05, 0) is 75.6 Å². The molecule has 2 aromatic carbocycles. The van der Waals surface area contributed by atoms with Crippen LogP contribution in [0.4, 0.5) is 5.69 Å². The summed E-state index contributed by atoms with van der Waals surface area (Å²) in [6.45, 7) is 2.72. The minimum Gasteiger partial charge on any atom is -0.494 e. The second kappa shape index (κ2) is 9.30. The molecule has 2 heterocycles. The fourth-order valence-corrected chi connectivity index (χ4v) is 3.78. The molecule has 4 rings (SSSR count). The van der Waals surface area contributed by atoms with Gasteiger partial charge in [-0.15, -0.1) is 0 Å². The molecule has 1 atom stereocenters. The molecule has 0 saturated carbocycles. The molecule has 0 spiro atoms. The monoisotopic (exact) mass is 447 g/mol. The average Bonchev–Trinajstić information content (AvgIpc) is 3.42. The molecule has 8 heteroatoms. The van der Waals surface area contributed by atoms with Crippen molar-refractivity contribution in [3.63, 3.8) is 0 Å². The molecule has 0 saturated heterocycles. The number of nitrogens with one attached hydrogen (secondary N) is 1. The van der Waals surface area contributed by atoms with Crippen LogP contribution in [0.1, 0.15) is 49.8 Å². The Balaban J connectivity index is 1.51. The zero-order chi connectivity index (χ0) is 23.5. The van der Waals surface area contributed by atoms with Crippen molar-refractivity contribution in [3.05, 3.63) is 83.3 Å². The number of fused-ring (bicyclic) bond motifs is 1. The molecule has 1 aromatic heterocycles. The molecular formula is C25H25N3O5. The highest BCUT2D eigenvalue weighted by molar-refractivity contribution is 6.34. The molecule has 0 bridgehead atoms. The Morgan fingerprint density at radius 3 is 2.42 bits per heavy atom. The number of rotatable bonds is 8. The van der Waals surface area contributed by atoms with Gasteiger partial charge in [0.1, 0.15) is 11.5 Å². The summed E-state index contributed by atoms with van der Waals surface area (Å²) in [5.74, 6) is 0.173. The molecule has 3 aromatic rings. The van der Waals surface area contributed by atoms with E-state index in [1.165, 1.54) is 12.1 Å². The lowest BCUT2D eigenvalue weighted by Crippen LogP contribution is -2.34. The summed E-state index contributed by atoms with van der Waals surface area (Å²) in [7, 11) is 3.79. The minimum absolute atomic E-state index is 0.142. The van der Waals surface area contributed by atoms with Crippen molar-refractivity contribution in [2.45, 2.75) is 13.0 Å². The fourth-order valence-electron chi connectivity index (χ4n) is 3.78. The topological polar surface area (TPSA) is 92.1 Å². The van der Waals surface area contributed by atoms with Gasteiger partial charge in [-0.3, -0.25) is 19.3 Å². The number of benzene rings is 2. The van der Waals surface area contributed by atoms with Gasteiger partial charge in [0, 0.05) is 12.1 Å². The number of carbonyl (C=O) groups excluding carboxylic acids is 3. The lowest BCUT2D eigenvalue weighted by Gasteiger charge is -2.22. The predicted octanol–water partition coefficient (Wildman–Crippen LogP) is 3.51. The van der Waals surface area contributed by atoms with E-state index in [4.69, 9.17) is 9.15 Å². The largest absolute Gasteiger partial charge is 0.494 e. The fraction of sp³-hybridized carbons (Fsp3) is 0.240. The normalized spacial score (nSPS) is 13.9. The quantitative estimate of drug-likeness (QED) is 0.532. The first-order chi connectivity index (χ1) is 15.9. The van der Waals surface area contributed by atoms with Gasteiger partial charge in [0.2, 0.25) is 0 Å². The van der Waals surface area contributed by atoms with E-state index in [-0.39, 0.29) is 23.1 Å². The van der Waals surface area contributed by atoms with E-state index < -0.39 is 11.8 Å². The molecule has 1 aliphatic heterocycles. The lowest BCUT2D eigenvalue weighted by molar-refractivity contribution is 0.0921. The number of hydrogen-bond acceptors (Lipinski definition) is 6. The van der Waals surface area contributed by atoms with E-state index >= 15 is 0 Å². The average molecular weight is 447 g/mol. The molecule has 0 fully saturated rings. The Hall–Kier alpha value is -3.91. The molecule has 0 aliphatic carbocycles. The van der Waals surface area contributed by atoms with Crippen LogP contribution in [0.2, 0.25) is 0 Å². The van der Waals surface area contributed by atoms with Gasteiger partial charge in [0.05, 0.1) is 35.7 Å². The molecule has 3 amide bonds. The second-order valence-corrected chi connectivity index (χ2v) is 7.84. The Morgan fingerprint density at radius 1 is 1.06 bits per heavy atom. The first kappa shape index (κ1) is 22.3. The maximum Gasteiger partial charge on any atom is 0.266 e. The van der Waals surface area contributed by atoms with E-state index in [2.05, 4.69) is 5.32 Å². The maximum absolute atomic E-state index is 13.0. The molecule has 1 aliphatic rings. The molecule has 1 N–H and O–H groups in total. The number of likely N-dealkylation sites (N-methyl/N-ethyl adjacent to an activating group) is 1. The Kier molecular flexibility index (Phi) is 6.28. The Labute approximate surface area is 191 Å². The zero-order valence-corrected chi connectivity index (χ0v) is 18.7. The lowest BCUT2D eigenvalue weighted by atomic mass is 10.1. The number of hydrogen-bond donors (Lipinski definition) is 1. The molecule has 8 nitrogen and oxygen atoms in total. The highest BCUT2D eigenvalue weighted by atomic mass is 16.5. The number of nitrogens with zero attached hydrogens (tertiary/aromatic N) is 2. The first-order valence-corrected chi connectivity index (χ1v) is 10.6. The number of anilines is 1. The van der Waals surface area contributed by atoms with Gasteiger partial charge in [0.25, 0.3) is 17.7 Å². The SMILES string of the molecule is CCOc1ccc(N2C(=O)c3ccc(C(=O)NCC(c4ccco4)N(C)C)cc3C2=O)cc1.